The molecule has 10 heteroatoms. The molecule has 0 unspecified atom stereocenters. The van der Waals surface area contributed by atoms with Gasteiger partial charge in [0.25, 0.3) is 11.6 Å². The maximum Gasteiger partial charge on any atom is 0.270 e. The lowest BCUT2D eigenvalue weighted by Gasteiger charge is -2.23. The number of anilines is 3. The standard InChI is InChI=1S/C22H25N7O3/c1-27(17-10-8-16(9-11-17)15-6-4-3-5-7-15)21(30)19-14-18(29(31)32)12-13-20(19)23-22-24-25-26-28(22)2/h8-15H,3-7H2,1-2H3,(H,23,24,26). The third-order valence-corrected chi connectivity index (χ3v) is 5.97. The molecule has 4 rings (SSSR count). The van der Waals surface area contributed by atoms with Gasteiger partial charge in [-0.15, -0.1) is 0 Å². The van der Waals surface area contributed by atoms with E-state index < -0.39 is 4.92 Å². The highest BCUT2D eigenvalue weighted by Gasteiger charge is 2.22. The summed E-state index contributed by atoms with van der Waals surface area (Å²) in [5.74, 6) is 0.510. The van der Waals surface area contributed by atoms with Gasteiger partial charge >= 0.3 is 0 Å². The van der Waals surface area contributed by atoms with Crippen molar-refractivity contribution in [2.75, 3.05) is 17.3 Å². The molecule has 1 heterocycles. The summed E-state index contributed by atoms with van der Waals surface area (Å²) in [6.07, 6.45) is 6.22. The maximum absolute atomic E-state index is 13.3. The van der Waals surface area contributed by atoms with Crippen molar-refractivity contribution >= 4 is 28.9 Å². The highest BCUT2D eigenvalue weighted by Crippen LogP contribution is 2.34. The Labute approximate surface area is 185 Å². The maximum atomic E-state index is 13.3. The molecular formula is C22H25N7O3. The fraction of sp³-hybridized carbons (Fsp3) is 0.364. The van der Waals surface area contributed by atoms with Crippen molar-refractivity contribution in [3.63, 3.8) is 0 Å². The number of benzene rings is 2. The topological polar surface area (TPSA) is 119 Å². The van der Waals surface area contributed by atoms with E-state index in [1.54, 1.807) is 14.1 Å². The second kappa shape index (κ2) is 9.13. The number of non-ortho nitro benzene ring substituents is 1. The van der Waals surface area contributed by atoms with Gasteiger partial charge in [0.15, 0.2) is 0 Å². The summed E-state index contributed by atoms with van der Waals surface area (Å²) in [6, 6.07) is 12.1. The third-order valence-electron chi connectivity index (χ3n) is 5.97. The molecule has 1 aliphatic carbocycles. The first-order valence-electron chi connectivity index (χ1n) is 10.6. The van der Waals surface area contributed by atoms with Crippen LogP contribution in [0.1, 0.15) is 53.9 Å². The Morgan fingerprint density at radius 2 is 1.88 bits per heavy atom. The van der Waals surface area contributed by atoms with Gasteiger partial charge < -0.3 is 10.2 Å². The zero-order valence-electron chi connectivity index (χ0n) is 18.1. The van der Waals surface area contributed by atoms with E-state index in [1.807, 2.05) is 12.1 Å². The lowest BCUT2D eigenvalue weighted by molar-refractivity contribution is -0.384. The van der Waals surface area contributed by atoms with E-state index in [4.69, 9.17) is 0 Å². The minimum Gasteiger partial charge on any atom is -0.322 e. The van der Waals surface area contributed by atoms with Crippen molar-refractivity contribution in [3.05, 3.63) is 63.7 Å². The molecular weight excluding hydrogens is 410 g/mol. The Hall–Kier alpha value is -3.82. The molecule has 0 radical (unpaired) electrons. The molecule has 0 atom stereocenters. The second-order valence-electron chi connectivity index (χ2n) is 8.03. The highest BCUT2D eigenvalue weighted by molar-refractivity contribution is 6.10. The number of hydrogen-bond donors (Lipinski definition) is 1. The van der Waals surface area contributed by atoms with Gasteiger partial charge in [-0.3, -0.25) is 14.9 Å². The number of amides is 1. The van der Waals surface area contributed by atoms with Gasteiger partial charge in [0.2, 0.25) is 5.95 Å². The van der Waals surface area contributed by atoms with Crippen molar-refractivity contribution in [3.8, 4) is 0 Å². The van der Waals surface area contributed by atoms with E-state index in [9.17, 15) is 14.9 Å². The lowest BCUT2D eigenvalue weighted by Crippen LogP contribution is -2.27. The SMILES string of the molecule is CN(C(=O)c1cc([N+](=O)[O-])ccc1Nc1nnnn1C)c1ccc(C2CCCCC2)cc1. The van der Waals surface area contributed by atoms with Crippen molar-refractivity contribution in [2.45, 2.75) is 38.0 Å². The van der Waals surface area contributed by atoms with Crippen LogP contribution in [0, 0.1) is 10.1 Å². The van der Waals surface area contributed by atoms with Crippen LogP contribution in [-0.4, -0.2) is 38.1 Å². The highest BCUT2D eigenvalue weighted by atomic mass is 16.6. The predicted octanol–water partition coefficient (Wildman–Crippen LogP) is 4.19. The number of nitrogens with zero attached hydrogens (tertiary/aromatic N) is 6. The van der Waals surface area contributed by atoms with Crippen LogP contribution in [-0.2, 0) is 7.05 Å². The smallest absolute Gasteiger partial charge is 0.270 e. The molecule has 1 fully saturated rings. The number of aromatic nitrogens is 4. The Bertz CT molecular complexity index is 1120. The number of carbonyl (C=O) groups excluding carboxylic acids is 1. The number of tetrazole rings is 1. The monoisotopic (exact) mass is 435 g/mol. The lowest BCUT2D eigenvalue weighted by atomic mass is 9.84. The van der Waals surface area contributed by atoms with Crippen molar-refractivity contribution in [2.24, 2.45) is 7.05 Å². The van der Waals surface area contributed by atoms with E-state index in [0.717, 1.165) is 0 Å². The van der Waals surface area contributed by atoms with E-state index in [0.29, 0.717) is 23.2 Å². The first-order valence-corrected chi connectivity index (χ1v) is 10.6. The zero-order chi connectivity index (χ0) is 22.7. The number of aryl methyl sites for hydroxylation is 1. The fourth-order valence-corrected chi connectivity index (χ4v) is 4.09. The Morgan fingerprint density at radius 1 is 1.16 bits per heavy atom. The number of nitrogens with one attached hydrogen (secondary N) is 1. The molecule has 32 heavy (non-hydrogen) atoms. The van der Waals surface area contributed by atoms with Gasteiger partial charge in [0.1, 0.15) is 0 Å². The Kier molecular flexibility index (Phi) is 6.11. The summed E-state index contributed by atoms with van der Waals surface area (Å²) in [6.45, 7) is 0. The molecule has 10 nitrogen and oxygen atoms in total. The summed E-state index contributed by atoms with van der Waals surface area (Å²) in [5.41, 5.74) is 2.37. The molecule has 3 aromatic rings. The van der Waals surface area contributed by atoms with E-state index >= 15 is 0 Å². The van der Waals surface area contributed by atoms with Crippen LogP contribution in [0.2, 0.25) is 0 Å². The molecule has 0 aliphatic heterocycles. The first kappa shape index (κ1) is 21.4. The molecule has 0 bridgehead atoms. The van der Waals surface area contributed by atoms with Crippen LogP contribution >= 0.6 is 0 Å². The summed E-state index contributed by atoms with van der Waals surface area (Å²) >= 11 is 0. The zero-order valence-corrected chi connectivity index (χ0v) is 18.1. The molecule has 1 aromatic heterocycles. The number of hydrogen-bond acceptors (Lipinski definition) is 7. The Balaban J connectivity index is 1.61. The summed E-state index contributed by atoms with van der Waals surface area (Å²) < 4.78 is 1.41. The quantitative estimate of drug-likeness (QED) is 0.455. The minimum absolute atomic E-state index is 0.154. The molecule has 1 amide bonds. The molecule has 1 saturated carbocycles. The summed E-state index contributed by atoms with van der Waals surface area (Å²) in [4.78, 5) is 25.6. The normalized spacial score (nSPS) is 14.2. The van der Waals surface area contributed by atoms with Gasteiger partial charge in [0, 0.05) is 31.9 Å². The molecule has 0 saturated heterocycles. The molecule has 1 N–H and O–H groups in total. The summed E-state index contributed by atoms with van der Waals surface area (Å²) in [5, 5.41) is 25.5. The van der Waals surface area contributed by atoms with Gasteiger partial charge in [0.05, 0.1) is 16.2 Å². The summed E-state index contributed by atoms with van der Waals surface area (Å²) in [7, 11) is 3.31. The van der Waals surface area contributed by atoms with Gasteiger partial charge in [-0.05, 0) is 52.9 Å². The number of nitro groups is 1. The van der Waals surface area contributed by atoms with E-state index in [1.165, 1.54) is 65.4 Å². The fourth-order valence-electron chi connectivity index (χ4n) is 4.09. The Morgan fingerprint density at radius 3 is 2.50 bits per heavy atom. The van der Waals surface area contributed by atoms with Crippen molar-refractivity contribution < 1.29 is 9.72 Å². The predicted molar refractivity (Wildman–Crippen MR) is 120 cm³/mol. The van der Waals surface area contributed by atoms with E-state index in [-0.39, 0.29) is 17.2 Å². The number of carbonyl (C=O) groups is 1. The van der Waals surface area contributed by atoms with Crippen molar-refractivity contribution in [1.29, 1.82) is 0 Å². The average Bonchev–Trinajstić information content (AvgIpc) is 3.23. The van der Waals surface area contributed by atoms with Crippen LogP contribution in [0.3, 0.4) is 0 Å². The van der Waals surface area contributed by atoms with Gasteiger partial charge in [-0.25, -0.2) is 4.68 Å². The van der Waals surface area contributed by atoms with Crippen LogP contribution in [0.25, 0.3) is 0 Å². The van der Waals surface area contributed by atoms with Crippen LogP contribution in [0.4, 0.5) is 23.0 Å². The number of rotatable bonds is 6. The van der Waals surface area contributed by atoms with Crippen LogP contribution in [0.15, 0.2) is 42.5 Å². The van der Waals surface area contributed by atoms with Gasteiger partial charge in [-0.1, -0.05) is 36.5 Å². The second-order valence-corrected chi connectivity index (χ2v) is 8.03. The minimum atomic E-state index is -0.524. The third kappa shape index (κ3) is 4.43. The van der Waals surface area contributed by atoms with Crippen LogP contribution < -0.4 is 10.2 Å². The first-order chi connectivity index (χ1) is 15.4. The average molecular weight is 435 g/mol. The molecule has 0 spiro atoms. The molecule has 1 aliphatic rings. The molecule has 166 valence electrons. The molecule has 2 aromatic carbocycles. The van der Waals surface area contributed by atoms with E-state index in [2.05, 4.69) is 33.0 Å². The number of nitro benzene ring substituents is 1. The van der Waals surface area contributed by atoms with Gasteiger partial charge in [-0.2, -0.15) is 0 Å². The largest absolute Gasteiger partial charge is 0.322 e. The van der Waals surface area contributed by atoms with Crippen LogP contribution in [0.5, 0.6) is 0 Å². The van der Waals surface area contributed by atoms with Crippen molar-refractivity contribution in [1.82, 2.24) is 20.2 Å².